The molecule has 0 bridgehead atoms. The molecule has 1 saturated carbocycles. The number of hydrogen-bond donors (Lipinski definition) is 1. The van der Waals surface area contributed by atoms with Crippen LogP contribution < -0.4 is 5.32 Å². The number of urea groups is 1. The predicted octanol–water partition coefficient (Wildman–Crippen LogP) is 3.29. The smallest absolute Gasteiger partial charge is 0.317 e. The SMILES string of the molecule is CC1CCCC(CNC(=O)N(C)C(C)c2ccccn2)(N(C)C)C1. The highest BCUT2D eigenvalue weighted by atomic mass is 16.2. The first kappa shape index (κ1) is 18.7. The van der Waals surface area contributed by atoms with E-state index in [0.29, 0.717) is 12.5 Å². The van der Waals surface area contributed by atoms with Crippen LogP contribution in [0.4, 0.5) is 4.79 Å². The normalized spacial score (nSPS) is 25.3. The van der Waals surface area contributed by atoms with Gasteiger partial charge >= 0.3 is 6.03 Å². The van der Waals surface area contributed by atoms with Crippen LogP contribution in [0.1, 0.15) is 51.3 Å². The minimum atomic E-state index is -0.0493. The van der Waals surface area contributed by atoms with Crippen molar-refractivity contribution >= 4 is 6.03 Å². The zero-order chi connectivity index (χ0) is 17.7. The molecular formula is C19H32N4O. The third-order valence-corrected chi connectivity index (χ3v) is 5.60. The van der Waals surface area contributed by atoms with E-state index in [2.05, 4.69) is 36.2 Å². The van der Waals surface area contributed by atoms with Gasteiger partial charge in [-0.05, 0) is 51.9 Å². The zero-order valence-electron chi connectivity index (χ0n) is 15.7. The number of rotatable bonds is 5. The van der Waals surface area contributed by atoms with Gasteiger partial charge in [0.1, 0.15) is 0 Å². The molecule has 1 aliphatic rings. The second-order valence-corrected chi connectivity index (χ2v) is 7.52. The lowest BCUT2D eigenvalue weighted by molar-refractivity contribution is 0.0751. The molecule has 1 aromatic rings. The van der Waals surface area contributed by atoms with Crippen molar-refractivity contribution in [2.75, 3.05) is 27.7 Å². The highest BCUT2D eigenvalue weighted by Gasteiger charge is 2.37. The Hall–Kier alpha value is -1.62. The molecule has 0 aromatic carbocycles. The van der Waals surface area contributed by atoms with Crippen LogP contribution in [0, 0.1) is 5.92 Å². The summed E-state index contributed by atoms with van der Waals surface area (Å²) in [7, 11) is 6.09. The fourth-order valence-corrected chi connectivity index (χ4v) is 3.72. The summed E-state index contributed by atoms with van der Waals surface area (Å²) < 4.78 is 0. The largest absolute Gasteiger partial charge is 0.336 e. The average molecular weight is 332 g/mol. The Bertz CT molecular complexity index is 533. The molecule has 5 nitrogen and oxygen atoms in total. The summed E-state index contributed by atoms with van der Waals surface area (Å²) in [5, 5.41) is 3.16. The summed E-state index contributed by atoms with van der Waals surface area (Å²) >= 11 is 0. The van der Waals surface area contributed by atoms with Crippen molar-refractivity contribution in [3.63, 3.8) is 0 Å². The summed E-state index contributed by atoms with van der Waals surface area (Å²) in [5.41, 5.74) is 0.978. The van der Waals surface area contributed by atoms with Gasteiger partial charge in [-0.2, -0.15) is 0 Å². The van der Waals surface area contributed by atoms with E-state index in [4.69, 9.17) is 0 Å². The lowest BCUT2D eigenvalue weighted by atomic mass is 9.75. The van der Waals surface area contributed by atoms with Crippen LogP contribution in [0.15, 0.2) is 24.4 Å². The third-order valence-electron chi connectivity index (χ3n) is 5.60. The Morgan fingerprint density at radius 2 is 2.17 bits per heavy atom. The first-order chi connectivity index (χ1) is 11.4. The van der Waals surface area contributed by atoms with Gasteiger partial charge in [0.2, 0.25) is 0 Å². The van der Waals surface area contributed by atoms with E-state index in [0.717, 1.165) is 18.5 Å². The molecule has 1 fully saturated rings. The quantitative estimate of drug-likeness (QED) is 0.900. The summed E-state index contributed by atoms with van der Waals surface area (Å²) in [6.45, 7) is 5.02. The van der Waals surface area contributed by atoms with Crippen LogP contribution in [-0.4, -0.2) is 54.0 Å². The van der Waals surface area contributed by atoms with E-state index in [1.807, 2.05) is 32.2 Å². The monoisotopic (exact) mass is 332 g/mol. The fourth-order valence-electron chi connectivity index (χ4n) is 3.72. The molecule has 0 radical (unpaired) electrons. The zero-order valence-corrected chi connectivity index (χ0v) is 15.7. The van der Waals surface area contributed by atoms with Crippen LogP contribution >= 0.6 is 0 Å². The second kappa shape index (κ2) is 7.97. The van der Waals surface area contributed by atoms with Crippen LogP contribution in [0.2, 0.25) is 0 Å². The van der Waals surface area contributed by atoms with E-state index < -0.39 is 0 Å². The first-order valence-electron chi connectivity index (χ1n) is 8.95. The van der Waals surface area contributed by atoms with Crippen molar-refractivity contribution in [3.8, 4) is 0 Å². The Balaban J connectivity index is 1.98. The summed E-state index contributed by atoms with van der Waals surface area (Å²) in [6.07, 6.45) is 6.57. The lowest BCUT2D eigenvalue weighted by Crippen LogP contribution is -2.56. The number of carbonyl (C=O) groups is 1. The minimum Gasteiger partial charge on any atom is -0.336 e. The molecule has 0 saturated heterocycles. The number of pyridine rings is 1. The van der Waals surface area contributed by atoms with Gasteiger partial charge in [0.15, 0.2) is 0 Å². The summed E-state index contributed by atoms with van der Waals surface area (Å²) in [6, 6.07) is 5.72. The number of aromatic nitrogens is 1. The van der Waals surface area contributed by atoms with Gasteiger partial charge in [-0.1, -0.05) is 25.8 Å². The van der Waals surface area contributed by atoms with E-state index in [9.17, 15) is 4.79 Å². The maximum Gasteiger partial charge on any atom is 0.317 e. The van der Waals surface area contributed by atoms with Crippen LogP contribution in [0.5, 0.6) is 0 Å². The minimum absolute atomic E-state index is 0.0346. The molecule has 0 aliphatic heterocycles. The molecule has 2 rings (SSSR count). The van der Waals surface area contributed by atoms with Crippen LogP contribution in [0.3, 0.4) is 0 Å². The van der Waals surface area contributed by atoms with Gasteiger partial charge in [-0.25, -0.2) is 4.79 Å². The third kappa shape index (κ3) is 4.26. The average Bonchev–Trinajstić information content (AvgIpc) is 2.59. The summed E-state index contributed by atoms with van der Waals surface area (Å²) in [4.78, 5) is 21.0. The molecule has 1 N–H and O–H groups in total. The van der Waals surface area contributed by atoms with Crippen molar-refractivity contribution in [2.24, 2.45) is 5.92 Å². The Morgan fingerprint density at radius 1 is 1.42 bits per heavy atom. The Kier molecular flexibility index (Phi) is 6.21. The van der Waals surface area contributed by atoms with Crippen molar-refractivity contribution in [1.82, 2.24) is 20.1 Å². The fraction of sp³-hybridized carbons (Fsp3) is 0.684. The highest BCUT2D eigenvalue weighted by molar-refractivity contribution is 5.74. The molecular weight excluding hydrogens is 300 g/mol. The Labute approximate surface area is 146 Å². The molecule has 24 heavy (non-hydrogen) atoms. The van der Waals surface area contributed by atoms with Gasteiger partial charge in [-0.15, -0.1) is 0 Å². The molecule has 1 aromatic heterocycles. The van der Waals surface area contributed by atoms with Crippen LogP contribution in [0.25, 0.3) is 0 Å². The van der Waals surface area contributed by atoms with Crippen molar-refractivity contribution in [3.05, 3.63) is 30.1 Å². The molecule has 5 heteroatoms. The van der Waals surface area contributed by atoms with E-state index in [-0.39, 0.29) is 17.6 Å². The number of amides is 2. The predicted molar refractivity (Wildman–Crippen MR) is 97.9 cm³/mol. The molecule has 3 atom stereocenters. The number of likely N-dealkylation sites (N-methyl/N-ethyl adjacent to an activating group) is 1. The van der Waals surface area contributed by atoms with Gasteiger partial charge in [0.05, 0.1) is 11.7 Å². The van der Waals surface area contributed by atoms with Gasteiger partial charge < -0.3 is 15.1 Å². The lowest BCUT2D eigenvalue weighted by Gasteiger charge is -2.45. The van der Waals surface area contributed by atoms with Crippen molar-refractivity contribution in [1.29, 1.82) is 0 Å². The molecule has 3 unspecified atom stereocenters. The number of hydrogen-bond acceptors (Lipinski definition) is 3. The van der Waals surface area contributed by atoms with Crippen molar-refractivity contribution < 1.29 is 4.79 Å². The van der Waals surface area contributed by atoms with E-state index in [1.165, 1.54) is 12.8 Å². The van der Waals surface area contributed by atoms with Crippen molar-refractivity contribution in [2.45, 2.75) is 51.1 Å². The molecule has 2 amide bonds. The second-order valence-electron chi connectivity index (χ2n) is 7.52. The summed E-state index contributed by atoms with van der Waals surface area (Å²) in [5.74, 6) is 0.711. The van der Waals surface area contributed by atoms with Gasteiger partial charge in [0.25, 0.3) is 0 Å². The highest BCUT2D eigenvalue weighted by Crippen LogP contribution is 2.35. The van der Waals surface area contributed by atoms with E-state index >= 15 is 0 Å². The van der Waals surface area contributed by atoms with Crippen LogP contribution in [-0.2, 0) is 0 Å². The first-order valence-corrected chi connectivity index (χ1v) is 8.95. The maximum atomic E-state index is 12.6. The number of nitrogens with one attached hydrogen (secondary N) is 1. The number of nitrogens with zero attached hydrogens (tertiary/aromatic N) is 3. The molecule has 1 aliphatic carbocycles. The standard InChI is InChI=1S/C19H32N4O/c1-15-9-8-11-19(13-15,22(3)4)14-21-18(24)23(5)16(2)17-10-6-7-12-20-17/h6-7,10,12,15-16H,8-9,11,13-14H2,1-5H3,(H,21,24). The van der Waals surface area contributed by atoms with E-state index in [1.54, 1.807) is 11.1 Å². The molecule has 0 spiro atoms. The molecule has 134 valence electrons. The topological polar surface area (TPSA) is 48.5 Å². The molecule has 1 heterocycles. The Morgan fingerprint density at radius 3 is 2.75 bits per heavy atom. The maximum absolute atomic E-state index is 12.6. The van der Waals surface area contributed by atoms with Gasteiger partial charge in [-0.3, -0.25) is 4.98 Å². The number of carbonyl (C=O) groups excluding carboxylic acids is 1. The van der Waals surface area contributed by atoms with Gasteiger partial charge in [0, 0.05) is 25.3 Å².